The van der Waals surface area contributed by atoms with Gasteiger partial charge in [0.25, 0.3) is 0 Å². The van der Waals surface area contributed by atoms with E-state index in [2.05, 4.69) is 18.0 Å². The van der Waals surface area contributed by atoms with Crippen molar-refractivity contribution in [3.05, 3.63) is 29.8 Å². The molecule has 0 bridgehead atoms. The lowest BCUT2D eigenvalue weighted by molar-refractivity contribution is 0.0616. The summed E-state index contributed by atoms with van der Waals surface area (Å²) in [6.45, 7) is 7.25. The molecule has 0 aromatic heterocycles. The Labute approximate surface area is 121 Å². The van der Waals surface area contributed by atoms with Crippen molar-refractivity contribution in [3.8, 4) is 11.8 Å². The van der Waals surface area contributed by atoms with Gasteiger partial charge in [0, 0.05) is 13.1 Å². The van der Waals surface area contributed by atoms with Crippen LogP contribution in [0.25, 0.3) is 0 Å². The van der Waals surface area contributed by atoms with E-state index in [-0.39, 0.29) is 6.10 Å². The summed E-state index contributed by atoms with van der Waals surface area (Å²) in [4.78, 5) is 2.19. The van der Waals surface area contributed by atoms with Crippen molar-refractivity contribution in [1.82, 2.24) is 4.90 Å². The quantitative estimate of drug-likeness (QED) is 0.695. The van der Waals surface area contributed by atoms with Crippen LogP contribution in [0.4, 0.5) is 0 Å². The lowest BCUT2D eigenvalue weighted by Gasteiger charge is -2.17. The molecule has 0 aliphatic heterocycles. The summed E-state index contributed by atoms with van der Waals surface area (Å²) in [5, 5.41) is 8.60. The highest BCUT2D eigenvalue weighted by molar-refractivity contribution is 5.28. The molecule has 110 valence electrons. The van der Waals surface area contributed by atoms with Crippen molar-refractivity contribution in [3.63, 3.8) is 0 Å². The van der Waals surface area contributed by atoms with Gasteiger partial charge in [0.1, 0.15) is 12.4 Å². The maximum Gasteiger partial charge on any atom is 0.119 e. The van der Waals surface area contributed by atoms with E-state index < -0.39 is 0 Å². The predicted molar refractivity (Wildman–Crippen MR) is 79.8 cm³/mol. The van der Waals surface area contributed by atoms with Crippen LogP contribution in [0.3, 0.4) is 0 Å². The van der Waals surface area contributed by atoms with Crippen molar-refractivity contribution in [2.45, 2.75) is 26.4 Å². The number of rotatable bonds is 9. The van der Waals surface area contributed by atoms with Gasteiger partial charge in [-0.15, -0.1) is 0 Å². The fourth-order valence-corrected chi connectivity index (χ4v) is 1.67. The minimum absolute atomic E-state index is 0.284. The molecule has 0 aliphatic rings. The monoisotopic (exact) mass is 276 g/mol. The molecule has 0 heterocycles. The molecule has 0 saturated heterocycles. The average Bonchev–Trinajstić information content (AvgIpc) is 2.40. The molecule has 0 aliphatic carbocycles. The number of likely N-dealkylation sites (N-methyl/N-ethyl adjacent to an activating group) is 1. The van der Waals surface area contributed by atoms with E-state index in [1.165, 1.54) is 0 Å². The van der Waals surface area contributed by atoms with Crippen molar-refractivity contribution >= 4 is 0 Å². The molecule has 0 N–H and O–H groups in total. The molecule has 0 fully saturated rings. The van der Waals surface area contributed by atoms with Gasteiger partial charge in [-0.1, -0.05) is 12.1 Å². The predicted octanol–water partition coefficient (Wildman–Crippen LogP) is 2.49. The third kappa shape index (κ3) is 7.13. The number of benzene rings is 1. The highest BCUT2D eigenvalue weighted by atomic mass is 16.5. The lowest BCUT2D eigenvalue weighted by Crippen LogP contribution is -2.28. The van der Waals surface area contributed by atoms with E-state index in [1.54, 1.807) is 0 Å². The number of nitrogens with zero attached hydrogens (tertiary/aromatic N) is 2. The summed E-state index contributed by atoms with van der Waals surface area (Å²) in [7, 11) is 2.06. The van der Waals surface area contributed by atoms with Crippen molar-refractivity contribution in [1.29, 1.82) is 5.26 Å². The number of nitriles is 1. The molecule has 0 spiro atoms. The van der Waals surface area contributed by atoms with E-state index in [0.717, 1.165) is 31.0 Å². The average molecular weight is 276 g/mol. The van der Waals surface area contributed by atoms with Gasteiger partial charge < -0.3 is 14.4 Å². The highest BCUT2D eigenvalue weighted by Crippen LogP contribution is 2.12. The Kier molecular flexibility index (Phi) is 7.71. The smallest absolute Gasteiger partial charge is 0.119 e. The minimum Gasteiger partial charge on any atom is -0.492 e. The number of hydrogen-bond donors (Lipinski definition) is 0. The topological polar surface area (TPSA) is 45.5 Å². The summed E-state index contributed by atoms with van der Waals surface area (Å²) in [6.07, 6.45) is 0.727. The van der Waals surface area contributed by atoms with E-state index in [4.69, 9.17) is 14.7 Å². The van der Waals surface area contributed by atoms with Crippen molar-refractivity contribution in [2.24, 2.45) is 0 Å². The molecule has 1 rings (SSSR count). The van der Waals surface area contributed by atoms with Crippen LogP contribution in [0.15, 0.2) is 24.3 Å². The molecule has 20 heavy (non-hydrogen) atoms. The maximum atomic E-state index is 8.60. The molecular weight excluding hydrogens is 252 g/mol. The third-order valence-corrected chi connectivity index (χ3v) is 2.87. The Morgan fingerprint density at radius 1 is 1.15 bits per heavy atom. The first kappa shape index (κ1) is 16.5. The Hall–Kier alpha value is -1.57. The summed E-state index contributed by atoms with van der Waals surface area (Å²) >= 11 is 0. The molecule has 0 unspecified atom stereocenters. The van der Waals surface area contributed by atoms with Gasteiger partial charge in [0.15, 0.2) is 0 Å². The molecule has 0 atom stereocenters. The van der Waals surface area contributed by atoms with Crippen LogP contribution in [0, 0.1) is 11.3 Å². The second-order valence-electron chi connectivity index (χ2n) is 5.05. The first-order valence-corrected chi connectivity index (χ1v) is 7.00. The van der Waals surface area contributed by atoms with Gasteiger partial charge in [-0.25, -0.2) is 0 Å². The van der Waals surface area contributed by atoms with E-state index in [9.17, 15) is 0 Å². The zero-order chi connectivity index (χ0) is 14.8. The second kappa shape index (κ2) is 9.35. The van der Waals surface area contributed by atoms with Crippen LogP contribution in [0.2, 0.25) is 0 Å². The van der Waals surface area contributed by atoms with Gasteiger partial charge in [-0.2, -0.15) is 5.26 Å². The normalized spacial score (nSPS) is 10.8. The third-order valence-electron chi connectivity index (χ3n) is 2.87. The van der Waals surface area contributed by atoms with E-state index in [0.29, 0.717) is 13.0 Å². The fourth-order valence-electron chi connectivity index (χ4n) is 1.67. The van der Waals surface area contributed by atoms with Gasteiger partial charge >= 0.3 is 0 Å². The minimum atomic E-state index is 0.284. The van der Waals surface area contributed by atoms with Gasteiger partial charge in [-0.05, 0) is 38.6 Å². The molecular formula is C16H24N2O2. The fraction of sp³-hybridized carbons (Fsp3) is 0.562. The zero-order valence-electron chi connectivity index (χ0n) is 12.6. The summed E-state index contributed by atoms with van der Waals surface area (Å²) < 4.78 is 11.2. The largest absolute Gasteiger partial charge is 0.492 e. The molecule has 4 nitrogen and oxygen atoms in total. The summed E-state index contributed by atoms with van der Waals surface area (Å²) in [5.41, 5.74) is 1.02. The summed E-state index contributed by atoms with van der Waals surface area (Å²) in [5.74, 6) is 0.846. The Morgan fingerprint density at radius 3 is 2.40 bits per heavy atom. The molecule has 0 amide bonds. The van der Waals surface area contributed by atoms with Gasteiger partial charge in [-0.3, -0.25) is 0 Å². The maximum absolute atomic E-state index is 8.60. The van der Waals surface area contributed by atoms with Crippen LogP contribution < -0.4 is 4.74 Å². The molecule has 0 saturated carbocycles. The lowest BCUT2D eigenvalue weighted by atomic mass is 10.2. The van der Waals surface area contributed by atoms with Crippen molar-refractivity contribution < 1.29 is 9.47 Å². The Bertz CT molecular complexity index is 409. The highest BCUT2D eigenvalue weighted by Gasteiger charge is 2.01. The SMILES string of the molecule is CC(C)OCCN(C)CCOc1ccc(CC#N)cc1. The zero-order valence-corrected chi connectivity index (χ0v) is 12.6. The van der Waals surface area contributed by atoms with Crippen LogP contribution in [0.1, 0.15) is 19.4 Å². The Balaban J connectivity index is 2.18. The Morgan fingerprint density at radius 2 is 1.80 bits per heavy atom. The van der Waals surface area contributed by atoms with Gasteiger partial charge in [0.05, 0.1) is 25.2 Å². The van der Waals surface area contributed by atoms with Crippen LogP contribution >= 0.6 is 0 Å². The molecule has 0 radical (unpaired) electrons. The van der Waals surface area contributed by atoms with E-state index in [1.807, 2.05) is 38.1 Å². The first-order chi connectivity index (χ1) is 9.61. The second-order valence-corrected chi connectivity index (χ2v) is 5.05. The molecule has 4 heteroatoms. The standard InChI is InChI=1S/C16H24N2O2/c1-14(2)19-12-10-18(3)11-13-20-16-6-4-15(5-7-16)8-9-17/h4-7,14H,8,10-13H2,1-3H3. The number of hydrogen-bond acceptors (Lipinski definition) is 4. The van der Waals surface area contributed by atoms with Gasteiger partial charge in [0.2, 0.25) is 0 Å². The van der Waals surface area contributed by atoms with E-state index >= 15 is 0 Å². The summed E-state index contributed by atoms with van der Waals surface area (Å²) in [6, 6.07) is 9.81. The van der Waals surface area contributed by atoms with Crippen LogP contribution in [-0.4, -0.2) is 44.4 Å². The molecule has 1 aromatic carbocycles. The number of ether oxygens (including phenoxy) is 2. The first-order valence-electron chi connectivity index (χ1n) is 7.00. The van der Waals surface area contributed by atoms with Crippen LogP contribution in [-0.2, 0) is 11.2 Å². The van der Waals surface area contributed by atoms with Crippen molar-refractivity contribution in [2.75, 3.05) is 33.4 Å². The molecule has 1 aromatic rings. The van der Waals surface area contributed by atoms with Crippen LogP contribution in [0.5, 0.6) is 5.75 Å².